The number of nitrogens with zero attached hydrogens (tertiary/aromatic N) is 1. The van der Waals surface area contributed by atoms with Crippen molar-refractivity contribution < 1.29 is 19.4 Å². The van der Waals surface area contributed by atoms with Crippen molar-refractivity contribution >= 4 is 22.0 Å². The predicted molar refractivity (Wildman–Crippen MR) is 84.5 cm³/mol. The van der Waals surface area contributed by atoms with E-state index in [1.165, 1.54) is 4.90 Å². The van der Waals surface area contributed by atoms with Gasteiger partial charge in [-0.1, -0.05) is 22.0 Å². The lowest BCUT2D eigenvalue weighted by Crippen LogP contribution is -2.40. The van der Waals surface area contributed by atoms with Crippen molar-refractivity contribution in [1.82, 2.24) is 4.90 Å². The maximum absolute atomic E-state index is 11.8. The van der Waals surface area contributed by atoms with Gasteiger partial charge >= 0.3 is 6.09 Å². The van der Waals surface area contributed by atoms with Gasteiger partial charge in [-0.25, -0.2) is 4.79 Å². The van der Waals surface area contributed by atoms with Crippen LogP contribution in [-0.2, 0) is 4.74 Å². The second-order valence-corrected chi connectivity index (χ2v) is 6.70. The number of aliphatic hydroxyl groups is 1. The van der Waals surface area contributed by atoms with Gasteiger partial charge in [0.1, 0.15) is 24.1 Å². The summed E-state index contributed by atoms with van der Waals surface area (Å²) in [5.74, 6) is 0.656. The molecule has 0 aliphatic carbocycles. The summed E-state index contributed by atoms with van der Waals surface area (Å²) in [6, 6.07) is 7.34. The lowest BCUT2D eigenvalue weighted by molar-refractivity contribution is 0.0154. The van der Waals surface area contributed by atoms with Crippen LogP contribution in [0, 0.1) is 0 Å². The second kappa shape index (κ2) is 7.66. The Morgan fingerprint density at radius 3 is 2.67 bits per heavy atom. The van der Waals surface area contributed by atoms with Crippen LogP contribution < -0.4 is 4.74 Å². The Bertz CT molecular complexity index is 473. The Morgan fingerprint density at radius 1 is 1.43 bits per heavy atom. The number of hydrogen-bond donors (Lipinski definition) is 1. The molecule has 0 unspecified atom stereocenters. The second-order valence-electron chi connectivity index (χ2n) is 5.78. The average molecular weight is 360 g/mol. The van der Waals surface area contributed by atoms with Gasteiger partial charge in [0.15, 0.2) is 0 Å². The minimum atomic E-state index is -0.790. The lowest BCUT2D eigenvalue weighted by Gasteiger charge is -2.26. The largest absolute Gasteiger partial charge is 0.491 e. The number of hydrogen-bond acceptors (Lipinski definition) is 4. The van der Waals surface area contributed by atoms with E-state index in [-0.39, 0.29) is 13.2 Å². The van der Waals surface area contributed by atoms with E-state index >= 15 is 0 Å². The van der Waals surface area contributed by atoms with Crippen molar-refractivity contribution in [2.24, 2.45) is 0 Å². The fourth-order valence-corrected chi connectivity index (χ4v) is 1.91. The molecule has 0 aliphatic heterocycles. The molecule has 0 heterocycles. The summed E-state index contributed by atoms with van der Waals surface area (Å²) in [7, 11) is 1.58. The molecular formula is C15H22BrNO4. The van der Waals surface area contributed by atoms with E-state index in [0.29, 0.717) is 5.75 Å². The molecule has 0 saturated heterocycles. The number of halogens is 1. The summed E-state index contributed by atoms with van der Waals surface area (Å²) >= 11 is 3.34. The molecule has 1 N–H and O–H groups in total. The highest BCUT2D eigenvalue weighted by Crippen LogP contribution is 2.18. The van der Waals surface area contributed by atoms with Crippen LogP contribution in [0.25, 0.3) is 0 Å². The van der Waals surface area contributed by atoms with Gasteiger partial charge in [0, 0.05) is 11.5 Å². The van der Waals surface area contributed by atoms with Crippen molar-refractivity contribution in [1.29, 1.82) is 0 Å². The molecule has 0 spiro atoms. The van der Waals surface area contributed by atoms with Crippen LogP contribution in [0.3, 0.4) is 0 Å². The van der Waals surface area contributed by atoms with E-state index in [9.17, 15) is 9.90 Å². The number of amides is 1. The molecule has 118 valence electrons. The van der Waals surface area contributed by atoms with Crippen LogP contribution in [0.2, 0.25) is 0 Å². The molecule has 0 radical (unpaired) electrons. The van der Waals surface area contributed by atoms with Crippen LogP contribution in [0.4, 0.5) is 4.79 Å². The van der Waals surface area contributed by atoms with E-state index in [1.807, 2.05) is 18.2 Å². The maximum Gasteiger partial charge on any atom is 0.410 e. The molecule has 0 fully saturated rings. The van der Waals surface area contributed by atoms with Crippen molar-refractivity contribution in [3.05, 3.63) is 28.7 Å². The first kappa shape index (κ1) is 17.8. The minimum Gasteiger partial charge on any atom is -0.491 e. The molecule has 1 amide bonds. The molecule has 0 saturated carbocycles. The highest BCUT2D eigenvalue weighted by Gasteiger charge is 2.21. The Labute approximate surface area is 134 Å². The zero-order chi connectivity index (χ0) is 16.0. The van der Waals surface area contributed by atoms with Gasteiger partial charge in [0.05, 0.1) is 6.54 Å². The Kier molecular flexibility index (Phi) is 6.48. The van der Waals surface area contributed by atoms with E-state index in [2.05, 4.69) is 15.9 Å². The smallest absolute Gasteiger partial charge is 0.410 e. The van der Waals surface area contributed by atoms with Crippen molar-refractivity contribution in [3.8, 4) is 5.75 Å². The fraction of sp³-hybridized carbons (Fsp3) is 0.533. The minimum absolute atomic E-state index is 0.101. The first-order chi connectivity index (χ1) is 9.67. The van der Waals surface area contributed by atoms with Gasteiger partial charge in [-0.15, -0.1) is 0 Å². The predicted octanol–water partition coefficient (Wildman–Crippen LogP) is 3.06. The van der Waals surface area contributed by atoms with E-state index in [4.69, 9.17) is 9.47 Å². The molecule has 21 heavy (non-hydrogen) atoms. The number of ether oxygens (including phenoxy) is 2. The van der Waals surface area contributed by atoms with Crippen LogP contribution in [0.5, 0.6) is 5.75 Å². The first-order valence-corrected chi connectivity index (χ1v) is 7.47. The third kappa shape index (κ3) is 7.34. The van der Waals surface area contributed by atoms with Gasteiger partial charge in [-0.2, -0.15) is 0 Å². The topological polar surface area (TPSA) is 59.0 Å². The standard InChI is InChI=1S/C15H22BrNO4/c1-15(2,3)21-14(19)17(4)9-12(18)10-20-13-7-5-6-11(16)8-13/h5-8,12,18H,9-10H2,1-4H3/t12-/m1/s1. The van der Waals surface area contributed by atoms with E-state index in [0.717, 1.165) is 4.47 Å². The molecule has 6 heteroatoms. The highest BCUT2D eigenvalue weighted by molar-refractivity contribution is 9.10. The molecule has 1 aromatic rings. The monoisotopic (exact) mass is 359 g/mol. The molecule has 5 nitrogen and oxygen atoms in total. The van der Waals surface area contributed by atoms with Gasteiger partial charge in [-0.3, -0.25) is 0 Å². The summed E-state index contributed by atoms with van der Waals surface area (Å²) in [4.78, 5) is 13.1. The summed E-state index contributed by atoms with van der Waals surface area (Å²) in [6.45, 7) is 5.63. The third-order valence-corrected chi connectivity index (χ3v) is 2.92. The first-order valence-electron chi connectivity index (χ1n) is 6.68. The van der Waals surface area contributed by atoms with Gasteiger partial charge in [0.25, 0.3) is 0 Å². The zero-order valence-corrected chi connectivity index (χ0v) is 14.4. The van der Waals surface area contributed by atoms with Crippen LogP contribution in [0.15, 0.2) is 28.7 Å². The third-order valence-electron chi connectivity index (χ3n) is 2.43. The molecule has 1 rings (SSSR count). The van der Waals surface area contributed by atoms with Gasteiger partial charge in [0.2, 0.25) is 0 Å². The Balaban J connectivity index is 2.39. The summed E-state index contributed by atoms with van der Waals surface area (Å²) in [5, 5.41) is 9.91. The molecule has 1 atom stereocenters. The van der Waals surface area contributed by atoms with Crippen LogP contribution >= 0.6 is 15.9 Å². The van der Waals surface area contributed by atoms with Crippen molar-refractivity contribution in [2.75, 3.05) is 20.2 Å². The van der Waals surface area contributed by atoms with Crippen molar-refractivity contribution in [3.63, 3.8) is 0 Å². The molecule has 1 aromatic carbocycles. The summed E-state index contributed by atoms with van der Waals surface area (Å²) in [5.41, 5.74) is -0.552. The molecule has 0 aromatic heterocycles. The summed E-state index contributed by atoms with van der Waals surface area (Å²) in [6.07, 6.45) is -1.26. The molecule has 0 bridgehead atoms. The number of aliphatic hydroxyl groups excluding tert-OH is 1. The number of likely N-dealkylation sites (N-methyl/N-ethyl adjacent to an activating group) is 1. The lowest BCUT2D eigenvalue weighted by atomic mass is 10.2. The zero-order valence-electron chi connectivity index (χ0n) is 12.8. The van der Waals surface area contributed by atoms with E-state index < -0.39 is 17.8 Å². The maximum atomic E-state index is 11.8. The number of carbonyl (C=O) groups excluding carboxylic acids is 1. The number of carbonyl (C=O) groups is 1. The molecular weight excluding hydrogens is 338 g/mol. The normalized spacial score (nSPS) is 12.7. The van der Waals surface area contributed by atoms with Crippen LogP contribution in [-0.4, -0.2) is 48.0 Å². The van der Waals surface area contributed by atoms with E-state index in [1.54, 1.807) is 33.9 Å². The van der Waals surface area contributed by atoms with Gasteiger partial charge < -0.3 is 19.5 Å². The summed E-state index contributed by atoms with van der Waals surface area (Å²) < 4.78 is 11.6. The highest BCUT2D eigenvalue weighted by atomic mass is 79.9. The Hall–Kier alpha value is -1.27. The van der Waals surface area contributed by atoms with Gasteiger partial charge in [-0.05, 0) is 39.0 Å². The number of rotatable bonds is 5. The average Bonchev–Trinajstić information content (AvgIpc) is 2.34. The number of benzene rings is 1. The fourth-order valence-electron chi connectivity index (χ4n) is 1.53. The molecule has 0 aliphatic rings. The Morgan fingerprint density at radius 2 is 2.10 bits per heavy atom. The van der Waals surface area contributed by atoms with Crippen LogP contribution in [0.1, 0.15) is 20.8 Å². The van der Waals surface area contributed by atoms with Crippen molar-refractivity contribution in [2.45, 2.75) is 32.5 Å². The quantitative estimate of drug-likeness (QED) is 0.877. The SMILES string of the molecule is CN(C[C@@H](O)COc1cccc(Br)c1)C(=O)OC(C)(C)C.